The van der Waals surface area contributed by atoms with Crippen LogP contribution in [0.5, 0.6) is 0 Å². The fourth-order valence-corrected chi connectivity index (χ4v) is 5.59. The molecule has 2 heterocycles. The normalized spacial score (nSPS) is 17.7. The van der Waals surface area contributed by atoms with E-state index in [4.69, 9.17) is 4.43 Å². The first kappa shape index (κ1) is 24.0. The van der Waals surface area contributed by atoms with Crippen molar-refractivity contribution in [1.29, 1.82) is 5.26 Å². The van der Waals surface area contributed by atoms with Crippen LogP contribution in [-0.2, 0) is 10.6 Å². The van der Waals surface area contributed by atoms with Crippen molar-refractivity contribution in [3.05, 3.63) is 23.8 Å². The summed E-state index contributed by atoms with van der Waals surface area (Å²) in [7, 11) is -1.85. The lowest BCUT2D eigenvalue weighted by Crippen LogP contribution is -2.43. The predicted molar refractivity (Wildman–Crippen MR) is 122 cm³/mol. The summed E-state index contributed by atoms with van der Waals surface area (Å²) in [5, 5.41) is 10.7. The first-order chi connectivity index (χ1) is 14.3. The third-order valence-corrected chi connectivity index (χ3v) is 12.4. The van der Waals surface area contributed by atoms with Crippen molar-refractivity contribution in [2.75, 3.05) is 24.6 Å². The molecule has 0 N–H and O–H groups in total. The average molecular weight is 470 g/mol. The van der Waals surface area contributed by atoms with Crippen molar-refractivity contribution in [2.24, 2.45) is 5.41 Å². The number of rotatable bonds is 5. The number of hydrogen-bond acceptors (Lipinski definition) is 5. The molecule has 0 atom stereocenters. The van der Waals surface area contributed by atoms with E-state index in [9.17, 15) is 18.4 Å². The standard InChI is InChI=1S/C22H30F3N3OSSi/c1-20(2,3)31(4,5)29-13-10-21(15-26)8-11-28(12-9-21)19-27-17-7-6-16(22(23,24)25)14-18(17)30-19/h6-7,14H,8-13H2,1-5H3. The van der Waals surface area contributed by atoms with E-state index in [1.807, 2.05) is 0 Å². The fourth-order valence-electron chi connectivity index (χ4n) is 3.49. The van der Waals surface area contributed by atoms with Crippen LogP contribution in [0.1, 0.15) is 45.6 Å². The maximum absolute atomic E-state index is 13.0. The van der Waals surface area contributed by atoms with Gasteiger partial charge in [0.2, 0.25) is 0 Å². The molecule has 1 aliphatic rings. The summed E-state index contributed by atoms with van der Waals surface area (Å²) in [5.41, 5.74) is -0.495. The number of aromatic nitrogens is 1. The SMILES string of the molecule is CC(C)(C)[Si](C)(C)OCCC1(C#N)CCN(c2nc3ccc(C(F)(F)F)cc3s2)CC1. The van der Waals surface area contributed by atoms with Gasteiger partial charge in [-0.1, -0.05) is 32.1 Å². The molecular weight excluding hydrogens is 439 g/mol. The molecule has 1 saturated heterocycles. The number of alkyl halides is 3. The van der Waals surface area contributed by atoms with E-state index < -0.39 is 25.5 Å². The van der Waals surface area contributed by atoms with Gasteiger partial charge in [-0.05, 0) is 55.6 Å². The van der Waals surface area contributed by atoms with Gasteiger partial charge >= 0.3 is 6.18 Å². The molecule has 1 aromatic carbocycles. The van der Waals surface area contributed by atoms with E-state index in [1.165, 1.54) is 17.4 Å². The van der Waals surface area contributed by atoms with Crippen LogP contribution in [0.25, 0.3) is 10.2 Å². The number of piperidine rings is 1. The highest BCUT2D eigenvalue weighted by atomic mass is 32.1. The van der Waals surface area contributed by atoms with E-state index in [2.05, 4.69) is 49.8 Å². The quantitative estimate of drug-likeness (QED) is 0.450. The highest BCUT2D eigenvalue weighted by molar-refractivity contribution is 7.22. The maximum atomic E-state index is 13.0. The number of anilines is 1. The minimum absolute atomic E-state index is 0.134. The summed E-state index contributed by atoms with van der Waals surface area (Å²) < 4.78 is 45.8. The molecule has 0 spiro atoms. The van der Waals surface area contributed by atoms with Crippen molar-refractivity contribution < 1.29 is 17.6 Å². The van der Waals surface area contributed by atoms with Crippen molar-refractivity contribution in [3.63, 3.8) is 0 Å². The van der Waals surface area contributed by atoms with Crippen LogP contribution in [0.3, 0.4) is 0 Å². The van der Waals surface area contributed by atoms with Gasteiger partial charge < -0.3 is 9.33 Å². The van der Waals surface area contributed by atoms with E-state index in [-0.39, 0.29) is 5.04 Å². The molecule has 1 aliphatic heterocycles. The average Bonchev–Trinajstić information content (AvgIpc) is 3.10. The first-order valence-electron chi connectivity index (χ1n) is 10.5. The Labute approximate surface area is 187 Å². The summed E-state index contributed by atoms with van der Waals surface area (Å²) in [5.74, 6) is 0. The lowest BCUT2D eigenvalue weighted by molar-refractivity contribution is -0.137. The van der Waals surface area contributed by atoms with Crippen LogP contribution >= 0.6 is 11.3 Å². The van der Waals surface area contributed by atoms with Gasteiger partial charge in [0, 0.05) is 19.7 Å². The molecule has 170 valence electrons. The highest BCUT2D eigenvalue weighted by Crippen LogP contribution is 2.41. The van der Waals surface area contributed by atoms with Crippen molar-refractivity contribution in [3.8, 4) is 6.07 Å². The molecule has 4 nitrogen and oxygen atoms in total. The lowest BCUT2D eigenvalue weighted by Gasteiger charge is -2.39. The molecule has 1 fully saturated rings. The van der Waals surface area contributed by atoms with Gasteiger partial charge in [-0.25, -0.2) is 4.98 Å². The van der Waals surface area contributed by atoms with Crippen LogP contribution < -0.4 is 4.90 Å². The van der Waals surface area contributed by atoms with E-state index >= 15 is 0 Å². The Morgan fingerprint density at radius 3 is 2.42 bits per heavy atom. The molecule has 0 amide bonds. The van der Waals surface area contributed by atoms with Crippen molar-refractivity contribution >= 4 is 35.0 Å². The second-order valence-electron chi connectivity index (χ2n) is 9.91. The number of hydrogen-bond donors (Lipinski definition) is 0. The van der Waals surface area contributed by atoms with Gasteiger partial charge in [0.15, 0.2) is 13.4 Å². The van der Waals surface area contributed by atoms with Crippen LogP contribution in [0.4, 0.5) is 18.3 Å². The molecule has 0 radical (unpaired) electrons. The van der Waals surface area contributed by atoms with Gasteiger partial charge in [0.1, 0.15) is 0 Å². The topological polar surface area (TPSA) is 49.1 Å². The minimum Gasteiger partial charge on any atom is -0.417 e. The monoisotopic (exact) mass is 469 g/mol. The third-order valence-electron chi connectivity index (χ3n) is 6.78. The first-order valence-corrected chi connectivity index (χ1v) is 14.3. The summed E-state index contributed by atoms with van der Waals surface area (Å²) in [6.07, 6.45) is -2.25. The fraction of sp³-hybridized carbons (Fsp3) is 0.636. The van der Waals surface area contributed by atoms with Crippen LogP contribution in [0.15, 0.2) is 18.2 Å². The number of thiazole rings is 1. The van der Waals surface area contributed by atoms with Crippen LogP contribution in [0.2, 0.25) is 18.1 Å². The Hall–Kier alpha value is -1.63. The van der Waals surface area contributed by atoms with Crippen molar-refractivity contribution in [1.82, 2.24) is 4.98 Å². The summed E-state index contributed by atoms with van der Waals surface area (Å²) >= 11 is 1.28. The molecular formula is C22H30F3N3OSSi. The lowest BCUT2D eigenvalue weighted by atomic mass is 9.77. The Morgan fingerprint density at radius 2 is 1.87 bits per heavy atom. The van der Waals surface area contributed by atoms with Crippen LogP contribution in [0, 0.1) is 16.7 Å². The molecule has 9 heteroatoms. The van der Waals surface area contributed by atoms with Gasteiger partial charge in [-0.15, -0.1) is 0 Å². The van der Waals surface area contributed by atoms with Crippen molar-refractivity contribution in [2.45, 2.75) is 64.3 Å². The molecule has 0 saturated carbocycles. The van der Waals surface area contributed by atoms with Crippen LogP contribution in [-0.4, -0.2) is 33.0 Å². The Kier molecular flexibility index (Phi) is 6.49. The second-order valence-corrected chi connectivity index (χ2v) is 15.7. The number of nitriles is 1. The largest absolute Gasteiger partial charge is 0.417 e. The molecule has 31 heavy (non-hydrogen) atoms. The molecule has 0 bridgehead atoms. The summed E-state index contributed by atoms with van der Waals surface area (Å²) in [4.78, 5) is 6.62. The summed E-state index contributed by atoms with van der Waals surface area (Å²) in [6, 6.07) is 6.20. The van der Waals surface area contributed by atoms with E-state index in [0.717, 1.165) is 17.3 Å². The number of fused-ring (bicyclic) bond motifs is 1. The van der Waals surface area contributed by atoms with Gasteiger partial charge in [0.25, 0.3) is 0 Å². The Bertz CT molecular complexity index is 967. The third kappa shape index (κ3) is 5.24. The van der Waals surface area contributed by atoms with E-state index in [1.54, 1.807) is 0 Å². The zero-order chi connectivity index (χ0) is 23.1. The zero-order valence-corrected chi connectivity index (χ0v) is 20.6. The Balaban J connectivity index is 1.64. The van der Waals surface area contributed by atoms with Gasteiger partial charge in [-0.2, -0.15) is 18.4 Å². The predicted octanol–water partition coefficient (Wildman–Crippen LogP) is 6.84. The zero-order valence-electron chi connectivity index (χ0n) is 18.8. The number of halogens is 3. The molecule has 0 aliphatic carbocycles. The molecule has 1 aromatic heterocycles. The molecule has 2 aromatic rings. The molecule has 0 unspecified atom stereocenters. The Morgan fingerprint density at radius 1 is 1.23 bits per heavy atom. The van der Waals surface area contributed by atoms with E-state index in [0.29, 0.717) is 49.2 Å². The van der Waals surface area contributed by atoms with Gasteiger partial charge in [0.05, 0.1) is 27.3 Å². The maximum Gasteiger partial charge on any atom is 0.416 e. The highest BCUT2D eigenvalue weighted by Gasteiger charge is 2.40. The smallest absolute Gasteiger partial charge is 0.416 e. The molecule has 3 rings (SSSR count). The summed E-state index contributed by atoms with van der Waals surface area (Å²) in [6.45, 7) is 13.0. The van der Waals surface area contributed by atoms with Gasteiger partial charge in [-0.3, -0.25) is 0 Å². The number of benzene rings is 1. The number of nitrogens with zero attached hydrogens (tertiary/aromatic N) is 3. The minimum atomic E-state index is -4.36. The second kappa shape index (κ2) is 8.37.